The first-order chi connectivity index (χ1) is 10.2. The number of hydrogen-bond acceptors (Lipinski definition) is 4. The Hall–Kier alpha value is -2.08. The molecule has 1 aliphatic rings. The fraction of sp³-hybridized carbons (Fsp3) is 0.467. The molecule has 0 saturated heterocycles. The minimum absolute atomic E-state index is 0.106. The summed E-state index contributed by atoms with van der Waals surface area (Å²) in [5, 5.41) is 3.79. The number of aryl methyl sites for hydroxylation is 1. The predicted molar refractivity (Wildman–Crippen MR) is 75.9 cm³/mol. The van der Waals surface area contributed by atoms with E-state index in [9.17, 15) is 4.79 Å². The molecule has 21 heavy (non-hydrogen) atoms. The average molecular weight is 289 g/mol. The van der Waals surface area contributed by atoms with E-state index in [1.807, 2.05) is 24.0 Å². The SMILES string of the molecule is COCCC1CN(C(=O)c2cc(C)no2)Cc2cccn21. The molecule has 0 fully saturated rings. The molecule has 3 heterocycles. The second kappa shape index (κ2) is 5.73. The number of ether oxygens (including phenoxy) is 1. The van der Waals surface area contributed by atoms with Crippen LogP contribution >= 0.6 is 0 Å². The van der Waals surface area contributed by atoms with E-state index in [1.54, 1.807) is 13.2 Å². The zero-order chi connectivity index (χ0) is 14.8. The number of carbonyl (C=O) groups excluding carboxylic acids is 1. The van der Waals surface area contributed by atoms with Crippen LogP contribution < -0.4 is 0 Å². The molecule has 0 spiro atoms. The molecule has 2 aromatic rings. The van der Waals surface area contributed by atoms with Crippen molar-refractivity contribution in [1.29, 1.82) is 0 Å². The van der Waals surface area contributed by atoms with Crippen molar-refractivity contribution in [3.63, 3.8) is 0 Å². The van der Waals surface area contributed by atoms with Crippen molar-refractivity contribution in [3.8, 4) is 0 Å². The highest BCUT2D eigenvalue weighted by atomic mass is 16.5. The van der Waals surface area contributed by atoms with E-state index in [0.29, 0.717) is 25.5 Å². The lowest BCUT2D eigenvalue weighted by Gasteiger charge is -2.34. The van der Waals surface area contributed by atoms with E-state index < -0.39 is 0 Å². The summed E-state index contributed by atoms with van der Waals surface area (Å²) in [6, 6.07) is 5.98. The van der Waals surface area contributed by atoms with Gasteiger partial charge in [0.05, 0.1) is 18.3 Å². The Morgan fingerprint density at radius 3 is 3.14 bits per heavy atom. The molecule has 1 amide bonds. The van der Waals surface area contributed by atoms with Crippen LogP contribution in [-0.4, -0.2) is 40.8 Å². The third-order valence-electron chi connectivity index (χ3n) is 3.83. The maximum absolute atomic E-state index is 12.5. The molecule has 1 unspecified atom stereocenters. The zero-order valence-corrected chi connectivity index (χ0v) is 12.3. The molecule has 0 radical (unpaired) electrons. The van der Waals surface area contributed by atoms with Crippen molar-refractivity contribution in [2.45, 2.75) is 25.9 Å². The highest BCUT2D eigenvalue weighted by Crippen LogP contribution is 2.25. The van der Waals surface area contributed by atoms with Gasteiger partial charge >= 0.3 is 0 Å². The van der Waals surface area contributed by atoms with E-state index in [2.05, 4.69) is 15.9 Å². The number of rotatable bonds is 4. The monoisotopic (exact) mass is 289 g/mol. The van der Waals surface area contributed by atoms with Gasteiger partial charge in [0, 0.05) is 38.2 Å². The second-order valence-electron chi connectivity index (χ2n) is 5.36. The first-order valence-corrected chi connectivity index (χ1v) is 7.06. The third kappa shape index (κ3) is 2.71. The number of methoxy groups -OCH3 is 1. The van der Waals surface area contributed by atoms with Gasteiger partial charge in [-0.2, -0.15) is 0 Å². The van der Waals surface area contributed by atoms with Gasteiger partial charge in [-0.1, -0.05) is 5.16 Å². The van der Waals surface area contributed by atoms with Crippen molar-refractivity contribution in [2.75, 3.05) is 20.3 Å². The van der Waals surface area contributed by atoms with Gasteiger partial charge in [-0.05, 0) is 25.5 Å². The lowest BCUT2D eigenvalue weighted by Crippen LogP contribution is -2.41. The van der Waals surface area contributed by atoms with E-state index in [1.165, 1.54) is 0 Å². The van der Waals surface area contributed by atoms with Crippen LogP contribution in [0, 0.1) is 6.92 Å². The fourth-order valence-electron chi connectivity index (χ4n) is 2.78. The van der Waals surface area contributed by atoms with E-state index in [4.69, 9.17) is 9.26 Å². The number of aromatic nitrogens is 2. The lowest BCUT2D eigenvalue weighted by atomic mass is 10.1. The Labute approximate surface area is 123 Å². The summed E-state index contributed by atoms with van der Waals surface area (Å²) in [4.78, 5) is 14.3. The van der Waals surface area contributed by atoms with Gasteiger partial charge in [-0.3, -0.25) is 4.79 Å². The van der Waals surface area contributed by atoms with Crippen LogP contribution in [0.5, 0.6) is 0 Å². The summed E-state index contributed by atoms with van der Waals surface area (Å²) in [5.41, 5.74) is 1.85. The summed E-state index contributed by atoms with van der Waals surface area (Å²) in [6.07, 6.45) is 2.94. The average Bonchev–Trinajstić information content (AvgIpc) is 3.12. The fourth-order valence-corrected chi connectivity index (χ4v) is 2.78. The van der Waals surface area contributed by atoms with E-state index in [0.717, 1.165) is 17.8 Å². The first kappa shape index (κ1) is 13.9. The van der Waals surface area contributed by atoms with Crippen LogP contribution in [0.1, 0.15) is 34.4 Å². The van der Waals surface area contributed by atoms with Crippen LogP contribution in [0.25, 0.3) is 0 Å². The van der Waals surface area contributed by atoms with E-state index >= 15 is 0 Å². The molecular formula is C15H19N3O3. The van der Waals surface area contributed by atoms with Crippen LogP contribution in [0.3, 0.4) is 0 Å². The highest BCUT2D eigenvalue weighted by Gasteiger charge is 2.29. The number of fused-ring (bicyclic) bond motifs is 1. The normalized spacial score (nSPS) is 17.8. The van der Waals surface area contributed by atoms with Crippen molar-refractivity contribution >= 4 is 5.91 Å². The summed E-state index contributed by atoms with van der Waals surface area (Å²) in [7, 11) is 1.69. The molecule has 0 N–H and O–H groups in total. The topological polar surface area (TPSA) is 60.5 Å². The zero-order valence-electron chi connectivity index (χ0n) is 12.3. The second-order valence-corrected chi connectivity index (χ2v) is 5.36. The van der Waals surface area contributed by atoms with Crippen molar-refractivity contribution < 1.29 is 14.1 Å². The number of amides is 1. The lowest BCUT2D eigenvalue weighted by molar-refractivity contribution is 0.0613. The number of hydrogen-bond donors (Lipinski definition) is 0. The quantitative estimate of drug-likeness (QED) is 0.864. The smallest absolute Gasteiger partial charge is 0.292 e. The first-order valence-electron chi connectivity index (χ1n) is 7.06. The summed E-state index contributed by atoms with van der Waals surface area (Å²) in [6.45, 7) is 3.73. The minimum Gasteiger partial charge on any atom is -0.385 e. The van der Waals surface area contributed by atoms with Gasteiger partial charge in [0.15, 0.2) is 0 Å². The van der Waals surface area contributed by atoms with E-state index in [-0.39, 0.29) is 11.9 Å². The van der Waals surface area contributed by atoms with Gasteiger partial charge in [-0.15, -0.1) is 0 Å². The molecule has 1 aliphatic heterocycles. The Kier molecular flexibility index (Phi) is 3.79. The maximum Gasteiger partial charge on any atom is 0.292 e. The molecular weight excluding hydrogens is 270 g/mol. The molecule has 0 aromatic carbocycles. The van der Waals surface area contributed by atoms with Crippen molar-refractivity contribution in [1.82, 2.24) is 14.6 Å². The van der Waals surface area contributed by atoms with Crippen LogP contribution in [0.2, 0.25) is 0 Å². The summed E-state index contributed by atoms with van der Waals surface area (Å²) < 4.78 is 12.5. The molecule has 0 aliphatic carbocycles. The van der Waals surface area contributed by atoms with Gasteiger partial charge in [0.1, 0.15) is 0 Å². The summed E-state index contributed by atoms with van der Waals surface area (Å²) >= 11 is 0. The largest absolute Gasteiger partial charge is 0.385 e. The Morgan fingerprint density at radius 1 is 1.57 bits per heavy atom. The van der Waals surface area contributed by atoms with Crippen molar-refractivity contribution in [2.24, 2.45) is 0 Å². The molecule has 6 nitrogen and oxygen atoms in total. The van der Waals surface area contributed by atoms with Crippen LogP contribution in [-0.2, 0) is 11.3 Å². The standard InChI is InChI=1S/C15H19N3O3/c1-11-8-14(21-16-11)15(19)17-9-12-4-3-6-18(12)13(10-17)5-7-20-2/h3-4,6,8,13H,5,7,9-10H2,1-2H3. The molecule has 2 aromatic heterocycles. The number of nitrogens with zero attached hydrogens (tertiary/aromatic N) is 3. The molecule has 1 atom stereocenters. The third-order valence-corrected chi connectivity index (χ3v) is 3.83. The Balaban J connectivity index is 1.80. The van der Waals surface area contributed by atoms with Crippen LogP contribution in [0.15, 0.2) is 28.9 Å². The van der Waals surface area contributed by atoms with Crippen LogP contribution in [0.4, 0.5) is 0 Å². The molecule has 3 rings (SSSR count). The minimum atomic E-state index is -0.106. The van der Waals surface area contributed by atoms with Gasteiger partial charge < -0.3 is 18.7 Å². The van der Waals surface area contributed by atoms with Crippen molar-refractivity contribution in [3.05, 3.63) is 41.5 Å². The predicted octanol–water partition coefficient (Wildman–Crippen LogP) is 2.02. The maximum atomic E-state index is 12.5. The van der Waals surface area contributed by atoms with Gasteiger partial charge in [-0.25, -0.2) is 0 Å². The van der Waals surface area contributed by atoms with Gasteiger partial charge in [0.2, 0.25) is 5.76 Å². The summed E-state index contributed by atoms with van der Waals surface area (Å²) in [5.74, 6) is 0.198. The molecule has 6 heteroatoms. The van der Waals surface area contributed by atoms with Gasteiger partial charge in [0.25, 0.3) is 5.91 Å². The number of carbonyl (C=O) groups is 1. The molecule has 0 bridgehead atoms. The Morgan fingerprint density at radius 2 is 2.43 bits per heavy atom. The molecule has 112 valence electrons. The highest BCUT2D eigenvalue weighted by molar-refractivity contribution is 5.91. The molecule has 0 saturated carbocycles. The Bertz CT molecular complexity index is 632.